The zero-order valence-electron chi connectivity index (χ0n) is 13.3. The summed E-state index contributed by atoms with van der Waals surface area (Å²) >= 11 is 1.67. The van der Waals surface area contributed by atoms with E-state index in [1.807, 2.05) is 17.0 Å². The topological polar surface area (TPSA) is 68.5 Å². The number of carbonyl (C=O) groups is 1. The molecule has 3 heterocycles. The zero-order valence-corrected chi connectivity index (χ0v) is 14.1. The van der Waals surface area contributed by atoms with Crippen molar-refractivity contribution >= 4 is 27.3 Å². The minimum atomic E-state index is -0.320. The van der Waals surface area contributed by atoms with Crippen LogP contribution >= 0.6 is 11.3 Å². The highest BCUT2D eigenvalue weighted by Crippen LogP contribution is 2.27. The summed E-state index contributed by atoms with van der Waals surface area (Å²) in [7, 11) is 0. The number of nitrogens with zero attached hydrogens (tertiary/aromatic N) is 3. The number of rotatable bonds is 3. The van der Waals surface area contributed by atoms with E-state index in [4.69, 9.17) is 9.26 Å². The van der Waals surface area contributed by atoms with Gasteiger partial charge in [0, 0.05) is 18.2 Å². The monoisotopic (exact) mass is 343 g/mol. The number of aryl methyl sites for hydroxylation is 1. The Labute approximate surface area is 143 Å². The Hall–Kier alpha value is -2.25. The van der Waals surface area contributed by atoms with Crippen LogP contribution in [0.5, 0.6) is 0 Å². The van der Waals surface area contributed by atoms with Gasteiger partial charge in [-0.15, -0.1) is 11.3 Å². The van der Waals surface area contributed by atoms with Gasteiger partial charge in [0.15, 0.2) is 0 Å². The molecule has 7 heteroatoms. The third kappa shape index (κ3) is 2.92. The molecular weight excluding hydrogens is 326 g/mol. The molecule has 124 valence electrons. The Bertz CT molecular complexity index is 873. The molecule has 6 nitrogen and oxygen atoms in total. The first-order valence-electron chi connectivity index (χ1n) is 7.85. The van der Waals surface area contributed by atoms with E-state index < -0.39 is 0 Å². The predicted molar refractivity (Wildman–Crippen MR) is 89.8 cm³/mol. The lowest BCUT2D eigenvalue weighted by atomic mass is 10.1. The largest absolute Gasteiger partial charge is 0.366 e. The summed E-state index contributed by atoms with van der Waals surface area (Å²) in [6, 6.07) is 8.17. The van der Waals surface area contributed by atoms with Crippen LogP contribution in [0.15, 0.2) is 34.2 Å². The summed E-state index contributed by atoms with van der Waals surface area (Å²) in [6.45, 7) is 3.27. The van der Waals surface area contributed by atoms with Gasteiger partial charge in [0.1, 0.15) is 6.10 Å². The van der Waals surface area contributed by atoms with Crippen molar-refractivity contribution in [3.05, 3.63) is 46.9 Å². The highest BCUT2D eigenvalue weighted by Gasteiger charge is 2.28. The quantitative estimate of drug-likeness (QED) is 0.731. The minimum absolute atomic E-state index is 0.104. The van der Waals surface area contributed by atoms with Crippen LogP contribution in [0.2, 0.25) is 0 Å². The molecule has 1 saturated heterocycles. The van der Waals surface area contributed by atoms with E-state index in [1.54, 1.807) is 18.3 Å². The Morgan fingerprint density at radius 3 is 3.12 bits per heavy atom. The number of morpholine rings is 1. The third-order valence-electron chi connectivity index (χ3n) is 4.15. The molecule has 0 aliphatic carbocycles. The van der Waals surface area contributed by atoms with Gasteiger partial charge in [-0.3, -0.25) is 4.79 Å². The smallest absolute Gasteiger partial charge is 0.227 e. The fourth-order valence-electron chi connectivity index (χ4n) is 2.92. The Balaban J connectivity index is 1.48. The molecule has 1 aromatic carbocycles. The highest BCUT2D eigenvalue weighted by atomic mass is 32.1. The van der Waals surface area contributed by atoms with Gasteiger partial charge < -0.3 is 14.2 Å². The molecule has 0 saturated carbocycles. The zero-order chi connectivity index (χ0) is 16.5. The van der Waals surface area contributed by atoms with Crippen LogP contribution < -0.4 is 0 Å². The molecule has 1 unspecified atom stereocenters. The van der Waals surface area contributed by atoms with Crippen molar-refractivity contribution in [2.45, 2.75) is 19.4 Å². The minimum Gasteiger partial charge on any atom is -0.366 e. The molecular formula is C17H17N3O3S. The molecule has 0 spiro atoms. The van der Waals surface area contributed by atoms with Gasteiger partial charge in [0.25, 0.3) is 0 Å². The van der Waals surface area contributed by atoms with Crippen molar-refractivity contribution in [2.24, 2.45) is 0 Å². The van der Waals surface area contributed by atoms with E-state index in [2.05, 4.69) is 27.7 Å². The van der Waals surface area contributed by atoms with Crippen molar-refractivity contribution in [3.8, 4) is 0 Å². The molecule has 1 aliphatic heterocycles. The summed E-state index contributed by atoms with van der Waals surface area (Å²) in [5.74, 6) is 1.11. The number of benzene rings is 1. The summed E-state index contributed by atoms with van der Waals surface area (Å²) in [6.07, 6.45) is 0.0847. The van der Waals surface area contributed by atoms with Crippen LogP contribution in [-0.4, -0.2) is 40.6 Å². The standard InChI is InChI=1S/C17H17N3O3S/c1-11-18-17(19-23-11)14-9-20(6-7-22-14)16(21)8-12-10-24-15-5-3-2-4-13(12)15/h2-5,10,14H,6-9H2,1H3. The van der Waals surface area contributed by atoms with E-state index >= 15 is 0 Å². The maximum atomic E-state index is 12.7. The number of amides is 1. The molecule has 0 bridgehead atoms. The Kier molecular flexibility index (Phi) is 4.03. The fourth-order valence-corrected chi connectivity index (χ4v) is 3.88. The van der Waals surface area contributed by atoms with Gasteiger partial charge in [-0.2, -0.15) is 4.98 Å². The van der Waals surface area contributed by atoms with E-state index in [1.165, 1.54) is 4.70 Å². The van der Waals surface area contributed by atoms with E-state index in [0.717, 1.165) is 10.9 Å². The molecule has 24 heavy (non-hydrogen) atoms. The van der Waals surface area contributed by atoms with Crippen molar-refractivity contribution in [2.75, 3.05) is 19.7 Å². The first-order valence-corrected chi connectivity index (χ1v) is 8.73. The van der Waals surface area contributed by atoms with Crippen molar-refractivity contribution in [1.29, 1.82) is 0 Å². The van der Waals surface area contributed by atoms with Crippen LogP contribution in [0.25, 0.3) is 10.1 Å². The summed E-state index contributed by atoms with van der Waals surface area (Å²) in [4.78, 5) is 18.7. The van der Waals surface area contributed by atoms with Crippen LogP contribution in [-0.2, 0) is 16.0 Å². The van der Waals surface area contributed by atoms with Crippen molar-refractivity contribution < 1.29 is 14.1 Å². The normalized spacial score (nSPS) is 18.2. The fraction of sp³-hybridized carbons (Fsp3) is 0.353. The van der Waals surface area contributed by atoms with Gasteiger partial charge in [-0.25, -0.2) is 0 Å². The average Bonchev–Trinajstić information content (AvgIpc) is 3.22. The Morgan fingerprint density at radius 1 is 1.42 bits per heavy atom. The second kappa shape index (κ2) is 6.33. The number of hydrogen-bond donors (Lipinski definition) is 0. The molecule has 1 amide bonds. The van der Waals surface area contributed by atoms with Crippen LogP contribution in [0.4, 0.5) is 0 Å². The van der Waals surface area contributed by atoms with Crippen LogP contribution in [0.3, 0.4) is 0 Å². The predicted octanol–water partition coefficient (Wildman–Crippen LogP) is 2.74. The van der Waals surface area contributed by atoms with Crippen molar-refractivity contribution in [3.63, 3.8) is 0 Å². The lowest BCUT2D eigenvalue weighted by molar-refractivity contribution is -0.138. The highest BCUT2D eigenvalue weighted by molar-refractivity contribution is 7.17. The second-order valence-corrected chi connectivity index (χ2v) is 6.72. The number of hydrogen-bond acceptors (Lipinski definition) is 6. The van der Waals surface area contributed by atoms with Gasteiger partial charge in [0.2, 0.25) is 17.6 Å². The number of thiophene rings is 1. The van der Waals surface area contributed by atoms with Crippen molar-refractivity contribution in [1.82, 2.24) is 15.0 Å². The number of aromatic nitrogens is 2. The molecule has 0 N–H and O–H groups in total. The van der Waals surface area contributed by atoms with E-state index in [0.29, 0.717) is 37.8 Å². The maximum Gasteiger partial charge on any atom is 0.227 e. The number of fused-ring (bicyclic) bond motifs is 1. The maximum absolute atomic E-state index is 12.7. The first kappa shape index (κ1) is 15.3. The average molecular weight is 343 g/mol. The Morgan fingerprint density at radius 2 is 2.29 bits per heavy atom. The summed E-state index contributed by atoms with van der Waals surface area (Å²) < 4.78 is 11.9. The molecule has 1 atom stereocenters. The van der Waals surface area contributed by atoms with Crippen LogP contribution in [0.1, 0.15) is 23.4 Å². The number of ether oxygens (including phenoxy) is 1. The van der Waals surface area contributed by atoms with Gasteiger partial charge >= 0.3 is 0 Å². The third-order valence-corrected chi connectivity index (χ3v) is 5.17. The van der Waals surface area contributed by atoms with Crippen LogP contribution in [0, 0.1) is 6.92 Å². The second-order valence-electron chi connectivity index (χ2n) is 5.80. The summed E-state index contributed by atoms with van der Waals surface area (Å²) in [5.41, 5.74) is 1.08. The number of carbonyl (C=O) groups excluding carboxylic acids is 1. The molecule has 1 fully saturated rings. The van der Waals surface area contributed by atoms with Gasteiger partial charge in [-0.05, 0) is 22.4 Å². The molecule has 4 rings (SSSR count). The lowest BCUT2D eigenvalue weighted by Gasteiger charge is -2.31. The van der Waals surface area contributed by atoms with E-state index in [-0.39, 0.29) is 12.0 Å². The van der Waals surface area contributed by atoms with Gasteiger partial charge in [0.05, 0.1) is 19.6 Å². The molecule has 3 aromatic rings. The lowest BCUT2D eigenvalue weighted by Crippen LogP contribution is -2.43. The summed E-state index contributed by atoms with van der Waals surface area (Å²) in [5, 5.41) is 7.14. The SMILES string of the molecule is Cc1nc(C2CN(C(=O)Cc3csc4ccccc34)CCO2)no1. The van der Waals surface area contributed by atoms with E-state index in [9.17, 15) is 4.79 Å². The molecule has 0 radical (unpaired) electrons. The molecule has 1 aliphatic rings. The first-order chi connectivity index (χ1) is 11.7. The molecule has 2 aromatic heterocycles. The van der Waals surface area contributed by atoms with Gasteiger partial charge in [-0.1, -0.05) is 23.4 Å².